The molecule has 1 atom stereocenters. The molecular formula is C16H21N3O2. The van der Waals surface area contributed by atoms with Crippen LogP contribution in [0.15, 0.2) is 24.3 Å². The number of phenols is 1. The van der Waals surface area contributed by atoms with E-state index in [4.69, 9.17) is 5.26 Å². The SMILES string of the molecule is CCC(C#N)N1CCN(C(=O)Cc2cccc(O)c2)CC1. The molecule has 2 rings (SSSR count). The molecule has 1 unspecified atom stereocenters. The highest BCUT2D eigenvalue weighted by Gasteiger charge is 2.25. The number of hydrogen-bond donors (Lipinski definition) is 1. The summed E-state index contributed by atoms with van der Waals surface area (Å²) in [5, 5.41) is 18.5. The summed E-state index contributed by atoms with van der Waals surface area (Å²) in [4.78, 5) is 16.2. The Morgan fingerprint density at radius 1 is 1.38 bits per heavy atom. The Balaban J connectivity index is 1.87. The Bertz CT molecular complexity index is 531. The number of amides is 1. The number of rotatable bonds is 4. The molecule has 1 saturated heterocycles. The van der Waals surface area contributed by atoms with Gasteiger partial charge in [0.1, 0.15) is 5.75 Å². The summed E-state index contributed by atoms with van der Waals surface area (Å²) in [5.74, 6) is 0.259. The second-order valence-corrected chi connectivity index (χ2v) is 5.32. The minimum atomic E-state index is -0.0478. The fourth-order valence-electron chi connectivity index (χ4n) is 2.67. The Hall–Kier alpha value is -2.06. The molecule has 5 nitrogen and oxygen atoms in total. The van der Waals surface area contributed by atoms with Crippen LogP contribution in [0.5, 0.6) is 5.75 Å². The number of benzene rings is 1. The molecule has 1 aliphatic heterocycles. The van der Waals surface area contributed by atoms with E-state index < -0.39 is 0 Å². The van der Waals surface area contributed by atoms with E-state index in [9.17, 15) is 9.90 Å². The summed E-state index contributed by atoms with van der Waals surface area (Å²) in [6.45, 7) is 4.83. The van der Waals surface area contributed by atoms with Crippen molar-refractivity contribution >= 4 is 5.91 Å². The van der Waals surface area contributed by atoms with Gasteiger partial charge in [-0.25, -0.2) is 0 Å². The van der Waals surface area contributed by atoms with E-state index in [1.165, 1.54) is 0 Å². The second-order valence-electron chi connectivity index (χ2n) is 5.32. The first-order valence-corrected chi connectivity index (χ1v) is 7.33. The lowest BCUT2D eigenvalue weighted by Gasteiger charge is -2.36. The molecule has 0 aromatic heterocycles. The first-order valence-electron chi connectivity index (χ1n) is 7.33. The van der Waals surface area contributed by atoms with Gasteiger partial charge in [0.25, 0.3) is 0 Å². The second kappa shape index (κ2) is 7.09. The van der Waals surface area contributed by atoms with Gasteiger partial charge in [-0.15, -0.1) is 0 Å². The van der Waals surface area contributed by atoms with Crippen molar-refractivity contribution in [3.05, 3.63) is 29.8 Å². The quantitative estimate of drug-likeness (QED) is 0.908. The smallest absolute Gasteiger partial charge is 0.227 e. The van der Waals surface area contributed by atoms with Gasteiger partial charge in [0.05, 0.1) is 18.5 Å². The van der Waals surface area contributed by atoms with E-state index in [0.29, 0.717) is 19.5 Å². The van der Waals surface area contributed by atoms with E-state index in [0.717, 1.165) is 25.1 Å². The van der Waals surface area contributed by atoms with Gasteiger partial charge in [-0.2, -0.15) is 5.26 Å². The monoisotopic (exact) mass is 287 g/mol. The standard InChI is InChI=1S/C16H21N3O2/c1-2-14(12-17)18-6-8-19(9-7-18)16(21)11-13-4-3-5-15(20)10-13/h3-5,10,14,20H,2,6-9,11H2,1H3. The van der Waals surface area contributed by atoms with E-state index in [1.54, 1.807) is 18.2 Å². The largest absolute Gasteiger partial charge is 0.508 e. The van der Waals surface area contributed by atoms with Crippen LogP contribution in [0, 0.1) is 11.3 Å². The maximum Gasteiger partial charge on any atom is 0.227 e. The van der Waals surface area contributed by atoms with Crippen LogP contribution in [0.4, 0.5) is 0 Å². The van der Waals surface area contributed by atoms with Crippen LogP contribution >= 0.6 is 0 Å². The van der Waals surface area contributed by atoms with Gasteiger partial charge < -0.3 is 10.0 Å². The van der Waals surface area contributed by atoms with Gasteiger partial charge in [-0.05, 0) is 24.1 Å². The van der Waals surface area contributed by atoms with Crippen LogP contribution in [-0.2, 0) is 11.2 Å². The van der Waals surface area contributed by atoms with Crippen LogP contribution in [-0.4, -0.2) is 53.0 Å². The molecule has 0 radical (unpaired) electrons. The lowest BCUT2D eigenvalue weighted by molar-refractivity contribution is -0.132. The molecule has 1 aromatic rings. The molecular weight excluding hydrogens is 266 g/mol. The fourth-order valence-corrected chi connectivity index (χ4v) is 2.67. The number of nitrogens with zero attached hydrogens (tertiary/aromatic N) is 3. The third-order valence-corrected chi connectivity index (χ3v) is 3.91. The third kappa shape index (κ3) is 3.96. The van der Waals surface area contributed by atoms with Crippen molar-refractivity contribution in [1.29, 1.82) is 5.26 Å². The van der Waals surface area contributed by atoms with Crippen LogP contribution in [0.25, 0.3) is 0 Å². The Morgan fingerprint density at radius 3 is 2.67 bits per heavy atom. The van der Waals surface area contributed by atoms with E-state index in [-0.39, 0.29) is 17.7 Å². The van der Waals surface area contributed by atoms with Crippen LogP contribution in [0.3, 0.4) is 0 Å². The summed E-state index contributed by atoms with van der Waals surface area (Å²) in [7, 11) is 0. The summed E-state index contributed by atoms with van der Waals surface area (Å²) >= 11 is 0. The van der Waals surface area contributed by atoms with Crippen molar-refractivity contribution in [3.8, 4) is 11.8 Å². The van der Waals surface area contributed by atoms with Gasteiger partial charge >= 0.3 is 0 Å². The molecule has 1 amide bonds. The Labute approximate surface area is 125 Å². The minimum absolute atomic E-state index is 0.0478. The van der Waals surface area contributed by atoms with Gasteiger partial charge in [0.2, 0.25) is 5.91 Å². The van der Waals surface area contributed by atoms with Crippen molar-refractivity contribution in [2.45, 2.75) is 25.8 Å². The van der Waals surface area contributed by atoms with Gasteiger partial charge in [0, 0.05) is 26.2 Å². The first-order chi connectivity index (χ1) is 10.1. The molecule has 5 heteroatoms. The highest BCUT2D eigenvalue weighted by Crippen LogP contribution is 2.14. The molecule has 0 spiro atoms. The number of nitriles is 1. The highest BCUT2D eigenvalue weighted by molar-refractivity contribution is 5.79. The Kier molecular flexibility index (Phi) is 5.18. The van der Waals surface area contributed by atoms with E-state index >= 15 is 0 Å². The predicted octanol–water partition coefficient (Wildman–Crippen LogP) is 1.38. The van der Waals surface area contributed by atoms with Crippen LogP contribution < -0.4 is 0 Å². The van der Waals surface area contributed by atoms with Crippen molar-refractivity contribution < 1.29 is 9.90 Å². The van der Waals surface area contributed by atoms with Crippen molar-refractivity contribution in [3.63, 3.8) is 0 Å². The molecule has 1 fully saturated rings. The average Bonchev–Trinajstić information content (AvgIpc) is 2.49. The number of aromatic hydroxyl groups is 1. The molecule has 1 N–H and O–H groups in total. The van der Waals surface area contributed by atoms with E-state index in [2.05, 4.69) is 11.0 Å². The molecule has 1 heterocycles. The van der Waals surface area contributed by atoms with Gasteiger partial charge in [0.15, 0.2) is 0 Å². The average molecular weight is 287 g/mol. The normalized spacial score (nSPS) is 17.2. The number of phenolic OH excluding ortho intramolecular Hbond substituents is 1. The number of carbonyl (C=O) groups excluding carboxylic acids is 1. The van der Waals surface area contributed by atoms with Crippen molar-refractivity contribution in [1.82, 2.24) is 9.80 Å². The Morgan fingerprint density at radius 2 is 2.10 bits per heavy atom. The molecule has 112 valence electrons. The van der Waals surface area contributed by atoms with Crippen molar-refractivity contribution in [2.75, 3.05) is 26.2 Å². The lowest BCUT2D eigenvalue weighted by Crippen LogP contribution is -2.51. The summed E-state index contributed by atoms with van der Waals surface area (Å²) in [5.41, 5.74) is 0.825. The molecule has 1 aromatic carbocycles. The molecule has 1 aliphatic rings. The zero-order valence-electron chi connectivity index (χ0n) is 12.3. The zero-order valence-corrected chi connectivity index (χ0v) is 12.3. The summed E-state index contributed by atoms with van der Waals surface area (Å²) in [6.07, 6.45) is 1.12. The summed E-state index contributed by atoms with van der Waals surface area (Å²) in [6, 6.07) is 9.07. The number of piperazine rings is 1. The first kappa shape index (κ1) is 15.3. The molecule has 21 heavy (non-hydrogen) atoms. The lowest BCUT2D eigenvalue weighted by atomic mass is 10.1. The van der Waals surface area contributed by atoms with Crippen LogP contribution in [0.2, 0.25) is 0 Å². The maximum atomic E-state index is 12.3. The van der Waals surface area contributed by atoms with Crippen molar-refractivity contribution in [2.24, 2.45) is 0 Å². The molecule has 0 aliphatic carbocycles. The zero-order chi connectivity index (χ0) is 15.2. The van der Waals surface area contributed by atoms with E-state index in [1.807, 2.05) is 17.9 Å². The maximum absolute atomic E-state index is 12.3. The third-order valence-electron chi connectivity index (χ3n) is 3.91. The number of hydrogen-bond acceptors (Lipinski definition) is 4. The summed E-state index contributed by atoms with van der Waals surface area (Å²) < 4.78 is 0. The minimum Gasteiger partial charge on any atom is -0.508 e. The fraction of sp³-hybridized carbons (Fsp3) is 0.500. The number of carbonyl (C=O) groups is 1. The molecule has 0 bridgehead atoms. The highest BCUT2D eigenvalue weighted by atomic mass is 16.3. The van der Waals surface area contributed by atoms with Gasteiger partial charge in [-0.3, -0.25) is 9.69 Å². The van der Waals surface area contributed by atoms with Crippen LogP contribution in [0.1, 0.15) is 18.9 Å². The van der Waals surface area contributed by atoms with Gasteiger partial charge in [-0.1, -0.05) is 19.1 Å². The topological polar surface area (TPSA) is 67.6 Å². The molecule has 0 saturated carbocycles. The predicted molar refractivity (Wildman–Crippen MR) is 79.7 cm³/mol.